The van der Waals surface area contributed by atoms with Gasteiger partial charge in [-0.15, -0.1) is 0 Å². The molecule has 0 heterocycles. The van der Waals surface area contributed by atoms with E-state index in [9.17, 15) is 14.7 Å². The quantitative estimate of drug-likeness (QED) is 0.580. The van der Waals surface area contributed by atoms with Crippen LogP contribution in [-0.4, -0.2) is 35.9 Å². The number of aromatic hydroxyl groups is 1. The highest BCUT2D eigenvalue weighted by atomic mass is 16.6. The Morgan fingerprint density at radius 2 is 1.58 bits per heavy atom. The van der Waals surface area contributed by atoms with Gasteiger partial charge in [0.05, 0.1) is 18.8 Å². The second-order valence-electron chi connectivity index (χ2n) is 5.96. The fourth-order valence-electron chi connectivity index (χ4n) is 2.08. The van der Waals surface area contributed by atoms with Gasteiger partial charge in [-0.25, -0.2) is 0 Å². The number of esters is 2. The number of phenols is 1. The van der Waals surface area contributed by atoms with Crippen molar-refractivity contribution in [3.8, 4) is 11.5 Å². The van der Waals surface area contributed by atoms with Gasteiger partial charge in [-0.05, 0) is 58.7 Å². The zero-order chi connectivity index (χ0) is 18.3. The van der Waals surface area contributed by atoms with Crippen LogP contribution in [-0.2, 0) is 25.5 Å². The third-order valence-corrected chi connectivity index (χ3v) is 3.04. The van der Waals surface area contributed by atoms with Crippen molar-refractivity contribution >= 4 is 11.9 Å². The van der Waals surface area contributed by atoms with Gasteiger partial charge in [0.25, 0.3) is 0 Å². The number of phenolic OH excluding ortho intramolecular Hbond substituents is 1. The molecule has 0 atom stereocenters. The molecule has 0 aliphatic carbocycles. The Bertz CT molecular complexity index is 543. The summed E-state index contributed by atoms with van der Waals surface area (Å²) in [4.78, 5) is 24.5. The molecule has 0 fully saturated rings. The fourth-order valence-corrected chi connectivity index (χ4v) is 2.08. The van der Waals surface area contributed by atoms with E-state index in [1.807, 2.05) is 0 Å². The van der Waals surface area contributed by atoms with Crippen LogP contribution in [0, 0.1) is 5.92 Å². The van der Waals surface area contributed by atoms with E-state index >= 15 is 0 Å². The van der Waals surface area contributed by atoms with Crippen LogP contribution in [0.4, 0.5) is 0 Å². The van der Waals surface area contributed by atoms with E-state index in [1.54, 1.807) is 46.8 Å². The summed E-state index contributed by atoms with van der Waals surface area (Å²) in [6.07, 6.45) is -0.548. The first-order valence-corrected chi connectivity index (χ1v) is 8.10. The number of carbonyl (C=O) groups excluding carboxylic acids is 2. The molecule has 0 aliphatic rings. The third kappa shape index (κ3) is 6.10. The Hall–Kier alpha value is -2.24. The van der Waals surface area contributed by atoms with E-state index in [0.29, 0.717) is 17.9 Å². The molecule has 0 unspecified atom stereocenters. The molecular formula is C18H26O6. The van der Waals surface area contributed by atoms with Crippen LogP contribution in [0.3, 0.4) is 0 Å². The Kier molecular flexibility index (Phi) is 7.55. The van der Waals surface area contributed by atoms with Crippen molar-refractivity contribution in [3.63, 3.8) is 0 Å². The lowest BCUT2D eigenvalue weighted by Crippen LogP contribution is -2.32. The zero-order valence-corrected chi connectivity index (χ0v) is 14.9. The number of benzene rings is 1. The molecule has 6 nitrogen and oxygen atoms in total. The van der Waals surface area contributed by atoms with E-state index < -0.39 is 17.9 Å². The van der Waals surface area contributed by atoms with E-state index in [0.717, 1.165) is 0 Å². The van der Waals surface area contributed by atoms with Crippen LogP contribution in [0.5, 0.6) is 11.5 Å². The Morgan fingerprint density at radius 3 is 2.04 bits per heavy atom. The van der Waals surface area contributed by atoms with E-state index in [-0.39, 0.29) is 24.4 Å². The van der Waals surface area contributed by atoms with E-state index in [2.05, 4.69) is 0 Å². The second-order valence-corrected chi connectivity index (χ2v) is 5.96. The minimum Gasteiger partial charge on any atom is -0.504 e. The molecule has 6 heteroatoms. The highest BCUT2D eigenvalue weighted by molar-refractivity contribution is 5.95. The molecular weight excluding hydrogens is 312 g/mol. The summed E-state index contributed by atoms with van der Waals surface area (Å²) < 4.78 is 15.7. The number of hydrogen-bond acceptors (Lipinski definition) is 6. The summed E-state index contributed by atoms with van der Waals surface area (Å²) in [5.74, 6) is -1.99. The minimum atomic E-state index is -1.06. The van der Waals surface area contributed by atoms with Crippen molar-refractivity contribution in [1.82, 2.24) is 0 Å². The first kappa shape index (κ1) is 19.8. The van der Waals surface area contributed by atoms with Gasteiger partial charge in [0.15, 0.2) is 17.4 Å². The minimum absolute atomic E-state index is 0.00617. The SMILES string of the molecule is CCOc1cc(CC(C(=O)OC(C)C)C(=O)OC(C)C)ccc1O. The van der Waals surface area contributed by atoms with Crippen LogP contribution in [0.15, 0.2) is 18.2 Å². The average molecular weight is 338 g/mol. The summed E-state index contributed by atoms with van der Waals surface area (Å²) in [5.41, 5.74) is 0.669. The van der Waals surface area contributed by atoms with Crippen molar-refractivity contribution in [2.75, 3.05) is 6.61 Å². The monoisotopic (exact) mass is 338 g/mol. The molecule has 1 aromatic rings. The van der Waals surface area contributed by atoms with E-state index in [4.69, 9.17) is 14.2 Å². The summed E-state index contributed by atoms with van der Waals surface area (Å²) in [7, 11) is 0. The van der Waals surface area contributed by atoms with Gasteiger partial charge < -0.3 is 19.3 Å². The number of carbonyl (C=O) groups is 2. The highest BCUT2D eigenvalue weighted by Gasteiger charge is 2.31. The van der Waals surface area contributed by atoms with Crippen LogP contribution in [0.25, 0.3) is 0 Å². The molecule has 0 aliphatic heterocycles. The topological polar surface area (TPSA) is 82.1 Å². The molecule has 0 aromatic heterocycles. The molecule has 1 aromatic carbocycles. The molecule has 0 saturated heterocycles. The van der Waals surface area contributed by atoms with Crippen molar-refractivity contribution in [2.45, 2.75) is 53.2 Å². The molecule has 0 saturated carbocycles. The fraction of sp³-hybridized carbons (Fsp3) is 0.556. The standard InChI is InChI=1S/C18H26O6/c1-6-22-16-10-13(7-8-15(16)19)9-14(17(20)23-11(2)3)18(21)24-12(4)5/h7-8,10-12,14,19H,6,9H2,1-5H3. The smallest absolute Gasteiger partial charge is 0.320 e. The number of ether oxygens (including phenoxy) is 3. The van der Waals surface area contributed by atoms with Crippen molar-refractivity contribution < 1.29 is 28.9 Å². The van der Waals surface area contributed by atoms with Gasteiger partial charge in [-0.3, -0.25) is 9.59 Å². The van der Waals surface area contributed by atoms with Gasteiger partial charge in [-0.2, -0.15) is 0 Å². The first-order chi connectivity index (χ1) is 11.2. The largest absolute Gasteiger partial charge is 0.504 e. The van der Waals surface area contributed by atoms with Crippen LogP contribution in [0.2, 0.25) is 0 Å². The lowest BCUT2D eigenvalue weighted by Gasteiger charge is -2.19. The normalized spacial score (nSPS) is 11.0. The molecule has 0 amide bonds. The third-order valence-electron chi connectivity index (χ3n) is 3.04. The van der Waals surface area contributed by atoms with Crippen molar-refractivity contribution in [3.05, 3.63) is 23.8 Å². The Labute approximate surface area is 142 Å². The average Bonchev–Trinajstić information content (AvgIpc) is 2.46. The predicted octanol–water partition coefficient (Wildman–Crippen LogP) is 2.85. The maximum Gasteiger partial charge on any atom is 0.320 e. The Balaban J connectivity index is 3.01. The highest BCUT2D eigenvalue weighted by Crippen LogP contribution is 2.28. The second kappa shape index (κ2) is 9.15. The summed E-state index contributed by atoms with van der Waals surface area (Å²) in [6.45, 7) is 9.07. The maximum absolute atomic E-state index is 12.3. The molecule has 1 rings (SSSR count). The van der Waals surface area contributed by atoms with Gasteiger partial charge in [-0.1, -0.05) is 6.07 Å². The van der Waals surface area contributed by atoms with Crippen molar-refractivity contribution in [2.24, 2.45) is 5.92 Å². The van der Waals surface area contributed by atoms with Gasteiger partial charge in [0, 0.05) is 0 Å². The number of hydrogen-bond donors (Lipinski definition) is 1. The molecule has 0 bridgehead atoms. The molecule has 1 N–H and O–H groups in total. The lowest BCUT2D eigenvalue weighted by atomic mass is 9.99. The summed E-state index contributed by atoms with van der Waals surface area (Å²) in [5, 5.41) is 9.75. The molecule has 134 valence electrons. The van der Waals surface area contributed by atoms with Crippen LogP contribution >= 0.6 is 0 Å². The molecule has 0 radical (unpaired) electrons. The van der Waals surface area contributed by atoms with Gasteiger partial charge >= 0.3 is 11.9 Å². The van der Waals surface area contributed by atoms with Crippen LogP contribution in [0.1, 0.15) is 40.2 Å². The summed E-state index contributed by atoms with van der Waals surface area (Å²) in [6, 6.07) is 4.71. The summed E-state index contributed by atoms with van der Waals surface area (Å²) >= 11 is 0. The lowest BCUT2D eigenvalue weighted by molar-refractivity contribution is -0.166. The van der Waals surface area contributed by atoms with Crippen molar-refractivity contribution in [1.29, 1.82) is 0 Å². The van der Waals surface area contributed by atoms with Gasteiger partial charge in [0.1, 0.15) is 0 Å². The molecule has 24 heavy (non-hydrogen) atoms. The molecule has 0 spiro atoms. The maximum atomic E-state index is 12.3. The van der Waals surface area contributed by atoms with E-state index in [1.165, 1.54) is 6.07 Å². The number of rotatable bonds is 8. The zero-order valence-electron chi connectivity index (χ0n) is 14.9. The van der Waals surface area contributed by atoms with Crippen LogP contribution < -0.4 is 4.74 Å². The Morgan fingerprint density at radius 1 is 1.04 bits per heavy atom. The predicted molar refractivity (Wildman–Crippen MR) is 88.9 cm³/mol. The first-order valence-electron chi connectivity index (χ1n) is 8.10. The van der Waals surface area contributed by atoms with Gasteiger partial charge in [0.2, 0.25) is 0 Å².